The van der Waals surface area contributed by atoms with E-state index in [9.17, 15) is 9.18 Å². The SMILES string of the molecule is O=C(NCCF)NC(I)(Cc1ccncc1)c1cccc(Cl)c1. The average Bonchev–Trinajstić information content (AvgIpc) is 2.54. The predicted octanol–water partition coefficient (Wildman–Crippen LogP) is 3.83. The van der Waals surface area contributed by atoms with Crippen molar-refractivity contribution in [2.45, 2.75) is 9.97 Å². The van der Waals surface area contributed by atoms with E-state index >= 15 is 0 Å². The lowest BCUT2D eigenvalue weighted by atomic mass is 9.99. The van der Waals surface area contributed by atoms with Gasteiger partial charge < -0.3 is 10.6 Å². The molecule has 1 unspecified atom stereocenters. The fourth-order valence-corrected chi connectivity index (χ4v) is 3.33. The Balaban J connectivity index is 2.28. The number of nitrogens with one attached hydrogen (secondary N) is 2. The highest BCUT2D eigenvalue weighted by atomic mass is 127. The van der Waals surface area contributed by atoms with Gasteiger partial charge in [-0.2, -0.15) is 0 Å². The lowest BCUT2D eigenvalue weighted by Gasteiger charge is -2.30. The third-order valence-electron chi connectivity index (χ3n) is 3.17. The van der Waals surface area contributed by atoms with Crippen LogP contribution in [-0.4, -0.2) is 24.2 Å². The summed E-state index contributed by atoms with van der Waals surface area (Å²) < 4.78 is 11.5. The highest BCUT2D eigenvalue weighted by molar-refractivity contribution is 14.1. The second-order valence-corrected chi connectivity index (χ2v) is 7.19. The molecule has 0 fully saturated rings. The monoisotopic (exact) mass is 447 g/mol. The molecule has 0 radical (unpaired) electrons. The van der Waals surface area contributed by atoms with Crippen LogP contribution < -0.4 is 10.6 Å². The zero-order valence-corrected chi connectivity index (χ0v) is 15.1. The summed E-state index contributed by atoms with van der Waals surface area (Å²) >= 11 is 8.27. The molecule has 0 saturated carbocycles. The Morgan fingerprint density at radius 1 is 1.30 bits per heavy atom. The maximum absolute atomic E-state index is 12.2. The van der Waals surface area contributed by atoms with Crippen molar-refractivity contribution in [2.75, 3.05) is 13.2 Å². The van der Waals surface area contributed by atoms with Gasteiger partial charge in [0.05, 0.1) is 0 Å². The number of pyridine rings is 1. The molecule has 2 aromatic rings. The Morgan fingerprint density at radius 3 is 2.70 bits per heavy atom. The lowest BCUT2D eigenvalue weighted by Crippen LogP contribution is -2.48. The molecule has 0 aliphatic rings. The van der Waals surface area contributed by atoms with Crippen LogP contribution >= 0.6 is 34.2 Å². The highest BCUT2D eigenvalue weighted by Gasteiger charge is 2.31. The molecule has 0 saturated heterocycles. The number of benzene rings is 1. The molecule has 2 amide bonds. The van der Waals surface area contributed by atoms with Gasteiger partial charge in [0, 0.05) is 30.4 Å². The van der Waals surface area contributed by atoms with Crippen molar-refractivity contribution < 1.29 is 9.18 Å². The summed E-state index contributed by atoms with van der Waals surface area (Å²) in [4.78, 5) is 16.0. The second-order valence-electron chi connectivity index (χ2n) is 4.91. The zero-order chi connectivity index (χ0) is 16.7. The van der Waals surface area contributed by atoms with Crippen molar-refractivity contribution in [3.8, 4) is 0 Å². The summed E-state index contributed by atoms with van der Waals surface area (Å²) in [5.74, 6) is 0. The number of hydrogen-bond donors (Lipinski definition) is 2. The molecule has 2 rings (SSSR count). The van der Waals surface area contributed by atoms with Crippen molar-refractivity contribution in [3.63, 3.8) is 0 Å². The summed E-state index contributed by atoms with van der Waals surface area (Å²) in [6.45, 7) is -0.632. The van der Waals surface area contributed by atoms with Crippen molar-refractivity contribution in [3.05, 3.63) is 64.9 Å². The van der Waals surface area contributed by atoms with Crippen molar-refractivity contribution in [1.82, 2.24) is 15.6 Å². The fraction of sp³-hybridized carbons (Fsp3) is 0.250. The second kappa shape index (κ2) is 8.44. The van der Waals surface area contributed by atoms with Crippen LogP contribution in [0, 0.1) is 0 Å². The number of carbonyl (C=O) groups excluding carboxylic acids is 1. The van der Waals surface area contributed by atoms with E-state index in [2.05, 4.69) is 38.2 Å². The minimum atomic E-state index is -0.718. The Kier molecular flexibility index (Phi) is 6.59. The van der Waals surface area contributed by atoms with E-state index in [1.165, 1.54) is 0 Å². The van der Waals surface area contributed by atoms with Gasteiger partial charge in [-0.05, 0) is 58.0 Å². The summed E-state index contributed by atoms with van der Waals surface area (Å²) in [6, 6.07) is 10.7. The third-order valence-corrected chi connectivity index (χ3v) is 4.68. The van der Waals surface area contributed by atoms with Crippen molar-refractivity contribution >= 4 is 40.2 Å². The molecular weight excluding hydrogens is 432 g/mol. The molecule has 1 atom stereocenters. The number of carbonyl (C=O) groups is 1. The first-order valence-electron chi connectivity index (χ1n) is 6.99. The van der Waals surface area contributed by atoms with Gasteiger partial charge in [0.1, 0.15) is 10.2 Å². The standard InChI is InChI=1S/C16H16ClFIN3O/c17-14-3-1-2-13(10-14)16(19,22-15(23)21-9-6-18)11-12-4-7-20-8-5-12/h1-5,7-8,10H,6,9,11H2,(H2,21,22,23). The van der Waals surface area contributed by atoms with Gasteiger partial charge >= 0.3 is 6.03 Å². The molecule has 0 aliphatic carbocycles. The van der Waals surface area contributed by atoms with E-state index in [0.29, 0.717) is 11.4 Å². The van der Waals surface area contributed by atoms with Gasteiger partial charge in [-0.1, -0.05) is 23.7 Å². The minimum absolute atomic E-state index is 0.0244. The van der Waals surface area contributed by atoms with Crippen molar-refractivity contribution in [1.29, 1.82) is 0 Å². The van der Waals surface area contributed by atoms with Crippen LogP contribution in [-0.2, 0) is 9.97 Å². The fourth-order valence-electron chi connectivity index (χ4n) is 2.12. The van der Waals surface area contributed by atoms with E-state index in [-0.39, 0.29) is 6.54 Å². The Hall–Kier alpha value is -1.41. The predicted molar refractivity (Wildman–Crippen MR) is 97.6 cm³/mol. The van der Waals surface area contributed by atoms with Crippen molar-refractivity contribution in [2.24, 2.45) is 0 Å². The summed E-state index contributed by atoms with van der Waals surface area (Å²) in [7, 11) is 0. The molecular formula is C16H16ClFIN3O. The van der Waals surface area contributed by atoms with Crippen LogP contribution in [0.2, 0.25) is 5.02 Å². The van der Waals surface area contributed by atoms with Gasteiger partial charge in [0.25, 0.3) is 0 Å². The van der Waals surface area contributed by atoms with E-state index in [4.69, 9.17) is 11.6 Å². The molecule has 7 heteroatoms. The smallest absolute Gasteiger partial charge is 0.316 e. The molecule has 0 spiro atoms. The summed E-state index contributed by atoms with van der Waals surface area (Å²) in [5, 5.41) is 5.98. The molecule has 2 N–H and O–H groups in total. The first-order valence-corrected chi connectivity index (χ1v) is 8.45. The average molecular weight is 448 g/mol. The minimum Gasteiger partial charge on any atom is -0.335 e. The Labute approximate surface area is 153 Å². The summed E-state index contributed by atoms with van der Waals surface area (Å²) in [6.07, 6.45) is 3.94. The number of aromatic nitrogens is 1. The first kappa shape index (κ1) is 17.9. The van der Waals surface area contributed by atoms with Gasteiger partial charge in [-0.25, -0.2) is 9.18 Å². The van der Waals surface area contributed by atoms with Gasteiger partial charge in [-0.15, -0.1) is 0 Å². The largest absolute Gasteiger partial charge is 0.335 e. The maximum Gasteiger partial charge on any atom is 0.316 e. The number of amides is 2. The van der Waals surface area contributed by atoms with E-state index < -0.39 is 16.3 Å². The number of hydrogen-bond acceptors (Lipinski definition) is 2. The highest BCUT2D eigenvalue weighted by Crippen LogP contribution is 2.34. The molecule has 0 bridgehead atoms. The molecule has 122 valence electrons. The Morgan fingerprint density at radius 2 is 2.04 bits per heavy atom. The normalized spacial score (nSPS) is 13.2. The van der Waals surface area contributed by atoms with Gasteiger partial charge in [-0.3, -0.25) is 4.98 Å². The maximum atomic E-state index is 12.2. The zero-order valence-electron chi connectivity index (χ0n) is 12.2. The lowest BCUT2D eigenvalue weighted by molar-refractivity contribution is 0.235. The molecule has 4 nitrogen and oxygen atoms in total. The molecule has 1 aromatic heterocycles. The topological polar surface area (TPSA) is 54.0 Å². The van der Waals surface area contributed by atoms with Crippen LogP contribution in [0.1, 0.15) is 11.1 Å². The molecule has 1 heterocycles. The number of rotatable bonds is 6. The van der Waals surface area contributed by atoms with Gasteiger partial charge in [0.2, 0.25) is 0 Å². The van der Waals surface area contributed by atoms with Crippen LogP contribution in [0.4, 0.5) is 9.18 Å². The quantitative estimate of drug-likeness (QED) is 0.402. The number of nitrogens with zero attached hydrogens (tertiary/aromatic N) is 1. The van der Waals surface area contributed by atoms with Crippen LogP contribution in [0.5, 0.6) is 0 Å². The third kappa shape index (κ3) is 5.31. The number of halogens is 3. The number of alkyl halides is 2. The van der Waals surface area contributed by atoms with E-state index in [0.717, 1.165) is 11.1 Å². The van der Waals surface area contributed by atoms with Crippen LogP contribution in [0.25, 0.3) is 0 Å². The number of urea groups is 1. The molecule has 1 aromatic carbocycles. The van der Waals surface area contributed by atoms with Crippen LogP contribution in [0.3, 0.4) is 0 Å². The Bertz CT molecular complexity index is 659. The molecule has 23 heavy (non-hydrogen) atoms. The van der Waals surface area contributed by atoms with Crippen LogP contribution in [0.15, 0.2) is 48.8 Å². The van der Waals surface area contributed by atoms with E-state index in [1.807, 2.05) is 30.3 Å². The molecule has 0 aliphatic heterocycles. The summed E-state index contributed by atoms with van der Waals surface area (Å²) in [5.41, 5.74) is 1.87. The van der Waals surface area contributed by atoms with Gasteiger partial charge in [0.15, 0.2) is 0 Å². The first-order chi connectivity index (χ1) is 11.0. The van der Waals surface area contributed by atoms with E-state index in [1.54, 1.807) is 18.5 Å².